The lowest BCUT2D eigenvalue weighted by Crippen LogP contribution is -2.39. The van der Waals surface area contributed by atoms with E-state index in [0.29, 0.717) is 18.0 Å². The SMILES string of the molecule is CN=C(NCc1cccc(C(N)=O)c1)N1CCC(c2ccccc2)C1. The summed E-state index contributed by atoms with van der Waals surface area (Å²) >= 11 is 0. The van der Waals surface area contributed by atoms with Gasteiger partial charge in [-0.05, 0) is 29.7 Å². The Kier molecular flexibility index (Phi) is 5.33. The molecule has 5 nitrogen and oxygen atoms in total. The molecule has 1 saturated heterocycles. The summed E-state index contributed by atoms with van der Waals surface area (Å²) in [5.74, 6) is 1.03. The third kappa shape index (κ3) is 4.18. The van der Waals surface area contributed by atoms with E-state index in [9.17, 15) is 4.79 Å². The maximum Gasteiger partial charge on any atom is 0.248 e. The lowest BCUT2D eigenvalue weighted by molar-refractivity contribution is 0.1000. The van der Waals surface area contributed by atoms with Crippen LogP contribution in [0.1, 0.15) is 33.8 Å². The largest absolute Gasteiger partial charge is 0.366 e. The summed E-state index contributed by atoms with van der Waals surface area (Å²) in [6.07, 6.45) is 1.13. The maximum atomic E-state index is 11.3. The van der Waals surface area contributed by atoms with Crippen LogP contribution in [0, 0.1) is 0 Å². The molecule has 0 bridgehead atoms. The summed E-state index contributed by atoms with van der Waals surface area (Å²) in [5, 5.41) is 3.39. The molecular weight excluding hydrogens is 312 g/mol. The van der Waals surface area contributed by atoms with Crippen molar-refractivity contribution in [2.75, 3.05) is 20.1 Å². The first-order valence-electron chi connectivity index (χ1n) is 8.56. The number of nitrogens with zero attached hydrogens (tertiary/aromatic N) is 2. The number of primary amides is 1. The minimum absolute atomic E-state index is 0.406. The lowest BCUT2D eigenvalue weighted by atomic mass is 9.99. The number of guanidine groups is 1. The van der Waals surface area contributed by atoms with Crippen molar-refractivity contribution in [2.45, 2.75) is 18.9 Å². The highest BCUT2D eigenvalue weighted by Crippen LogP contribution is 2.26. The Hall–Kier alpha value is -2.82. The molecule has 25 heavy (non-hydrogen) atoms. The van der Waals surface area contributed by atoms with Gasteiger partial charge in [-0.15, -0.1) is 0 Å². The van der Waals surface area contributed by atoms with Gasteiger partial charge in [-0.2, -0.15) is 0 Å². The minimum atomic E-state index is -0.406. The molecule has 1 fully saturated rings. The number of aliphatic imine (C=N–C) groups is 1. The number of benzene rings is 2. The van der Waals surface area contributed by atoms with Gasteiger partial charge in [0.1, 0.15) is 0 Å². The molecule has 0 saturated carbocycles. The minimum Gasteiger partial charge on any atom is -0.366 e. The Morgan fingerprint density at radius 1 is 1.24 bits per heavy atom. The Morgan fingerprint density at radius 2 is 2.04 bits per heavy atom. The third-order valence-corrected chi connectivity index (χ3v) is 4.63. The zero-order valence-corrected chi connectivity index (χ0v) is 14.5. The molecule has 0 radical (unpaired) electrons. The van der Waals surface area contributed by atoms with Crippen LogP contribution >= 0.6 is 0 Å². The van der Waals surface area contributed by atoms with Crippen molar-refractivity contribution < 1.29 is 4.79 Å². The summed E-state index contributed by atoms with van der Waals surface area (Å²) in [6, 6.07) is 18.0. The van der Waals surface area contributed by atoms with E-state index in [0.717, 1.165) is 31.0 Å². The molecule has 1 amide bonds. The molecule has 3 rings (SSSR count). The number of rotatable bonds is 4. The zero-order valence-electron chi connectivity index (χ0n) is 14.5. The highest BCUT2D eigenvalue weighted by atomic mass is 16.1. The van der Waals surface area contributed by atoms with Gasteiger partial charge in [0.25, 0.3) is 0 Å². The Labute approximate surface area is 148 Å². The molecule has 1 unspecified atom stereocenters. The first kappa shape index (κ1) is 17.0. The highest BCUT2D eigenvalue weighted by molar-refractivity contribution is 5.92. The van der Waals surface area contributed by atoms with Crippen LogP contribution in [-0.4, -0.2) is 36.9 Å². The molecule has 130 valence electrons. The van der Waals surface area contributed by atoms with Gasteiger partial charge in [0.15, 0.2) is 5.96 Å². The van der Waals surface area contributed by atoms with E-state index in [2.05, 4.69) is 45.5 Å². The van der Waals surface area contributed by atoms with Gasteiger partial charge < -0.3 is 16.0 Å². The molecule has 0 spiro atoms. The summed E-state index contributed by atoms with van der Waals surface area (Å²) < 4.78 is 0. The average molecular weight is 336 g/mol. The van der Waals surface area contributed by atoms with Crippen molar-refractivity contribution in [2.24, 2.45) is 10.7 Å². The molecule has 1 heterocycles. The van der Waals surface area contributed by atoms with E-state index in [-0.39, 0.29) is 0 Å². The van der Waals surface area contributed by atoms with Crippen LogP contribution in [-0.2, 0) is 6.54 Å². The Bertz CT molecular complexity index is 757. The van der Waals surface area contributed by atoms with E-state index in [1.807, 2.05) is 18.2 Å². The maximum absolute atomic E-state index is 11.3. The van der Waals surface area contributed by atoms with Crippen molar-refractivity contribution in [3.05, 3.63) is 71.3 Å². The number of nitrogens with one attached hydrogen (secondary N) is 1. The van der Waals surface area contributed by atoms with Gasteiger partial charge in [-0.3, -0.25) is 9.79 Å². The number of hydrogen-bond donors (Lipinski definition) is 2. The number of likely N-dealkylation sites (tertiary alicyclic amines) is 1. The van der Waals surface area contributed by atoms with Crippen LogP contribution in [0.4, 0.5) is 0 Å². The van der Waals surface area contributed by atoms with Crippen LogP contribution in [0.25, 0.3) is 0 Å². The van der Waals surface area contributed by atoms with E-state index >= 15 is 0 Å². The second kappa shape index (κ2) is 7.83. The average Bonchev–Trinajstić information content (AvgIpc) is 3.13. The number of hydrogen-bond acceptors (Lipinski definition) is 2. The number of carbonyl (C=O) groups excluding carboxylic acids is 1. The summed E-state index contributed by atoms with van der Waals surface area (Å²) in [4.78, 5) is 18.0. The van der Waals surface area contributed by atoms with Gasteiger partial charge in [-0.1, -0.05) is 42.5 Å². The van der Waals surface area contributed by atoms with Gasteiger partial charge >= 0.3 is 0 Å². The molecule has 1 atom stereocenters. The molecule has 1 aliphatic heterocycles. The molecule has 1 aliphatic rings. The van der Waals surface area contributed by atoms with E-state index in [1.54, 1.807) is 13.1 Å². The standard InChI is InChI=1S/C20H24N4O/c1-22-20(23-13-15-6-5-9-17(12-15)19(21)25)24-11-10-18(14-24)16-7-3-2-4-8-16/h2-9,12,18H,10-11,13-14H2,1H3,(H2,21,25)(H,22,23). The van der Waals surface area contributed by atoms with E-state index < -0.39 is 5.91 Å². The van der Waals surface area contributed by atoms with Crippen molar-refractivity contribution in [1.29, 1.82) is 0 Å². The predicted octanol–water partition coefficient (Wildman–Crippen LogP) is 2.35. The second-order valence-corrected chi connectivity index (χ2v) is 6.31. The summed E-state index contributed by atoms with van der Waals surface area (Å²) in [6.45, 7) is 2.56. The van der Waals surface area contributed by atoms with Crippen LogP contribution in [0.15, 0.2) is 59.6 Å². The second-order valence-electron chi connectivity index (χ2n) is 6.31. The fourth-order valence-electron chi connectivity index (χ4n) is 3.30. The monoisotopic (exact) mass is 336 g/mol. The molecule has 3 N–H and O–H groups in total. The number of amides is 1. The molecule has 5 heteroatoms. The van der Waals surface area contributed by atoms with Crippen molar-refractivity contribution in [3.8, 4) is 0 Å². The van der Waals surface area contributed by atoms with E-state index in [1.165, 1.54) is 5.56 Å². The molecule has 0 aromatic heterocycles. The van der Waals surface area contributed by atoms with Crippen molar-refractivity contribution in [1.82, 2.24) is 10.2 Å². The topological polar surface area (TPSA) is 70.7 Å². The first-order chi connectivity index (χ1) is 12.2. The van der Waals surface area contributed by atoms with E-state index in [4.69, 9.17) is 5.73 Å². The smallest absolute Gasteiger partial charge is 0.248 e. The van der Waals surface area contributed by atoms with Gasteiger partial charge in [0.2, 0.25) is 5.91 Å². The highest BCUT2D eigenvalue weighted by Gasteiger charge is 2.25. The van der Waals surface area contributed by atoms with Gasteiger partial charge in [-0.25, -0.2) is 0 Å². The fraction of sp³-hybridized carbons (Fsp3) is 0.300. The van der Waals surface area contributed by atoms with Crippen LogP contribution in [0.5, 0.6) is 0 Å². The molecule has 2 aromatic carbocycles. The summed E-state index contributed by atoms with van der Waals surface area (Å²) in [7, 11) is 1.80. The zero-order chi connectivity index (χ0) is 17.6. The first-order valence-corrected chi connectivity index (χ1v) is 8.56. The Balaban J connectivity index is 1.60. The lowest BCUT2D eigenvalue weighted by Gasteiger charge is -2.22. The summed E-state index contributed by atoms with van der Waals surface area (Å²) in [5.41, 5.74) is 8.27. The van der Waals surface area contributed by atoms with Gasteiger partial charge in [0, 0.05) is 38.2 Å². The number of carbonyl (C=O) groups is 1. The predicted molar refractivity (Wildman–Crippen MR) is 101 cm³/mol. The third-order valence-electron chi connectivity index (χ3n) is 4.63. The van der Waals surface area contributed by atoms with Crippen LogP contribution < -0.4 is 11.1 Å². The number of nitrogens with two attached hydrogens (primary N) is 1. The normalized spacial score (nSPS) is 17.6. The van der Waals surface area contributed by atoms with Crippen molar-refractivity contribution in [3.63, 3.8) is 0 Å². The van der Waals surface area contributed by atoms with Gasteiger partial charge in [0.05, 0.1) is 0 Å². The Morgan fingerprint density at radius 3 is 2.76 bits per heavy atom. The van der Waals surface area contributed by atoms with Crippen LogP contribution in [0.2, 0.25) is 0 Å². The fourth-order valence-corrected chi connectivity index (χ4v) is 3.30. The van der Waals surface area contributed by atoms with Crippen molar-refractivity contribution >= 4 is 11.9 Å². The molecule has 0 aliphatic carbocycles. The molecule has 2 aromatic rings. The quantitative estimate of drug-likeness (QED) is 0.665. The molecular formula is C20H24N4O. The van der Waals surface area contributed by atoms with Crippen LogP contribution in [0.3, 0.4) is 0 Å².